The van der Waals surface area contributed by atoms with Gasteiger partial charge in [-0.25, -0.2) is 4.79 Å². The van der Waals surface area contributed by atoms with Gasteiger partial charge >= 0.3 is 21.3 Å². The first-order valence-corrected chi connectivity index (χ1v) is 9.34. The molecule has 8 heteroatoms. The lowest BCUT2D eigenvalue weighted by molar-refractivity contribution is -0.163. The number of halogens is 2. The van der Waals surface area contributed by atoms with Crippen molar-refractivity contribution in [2.75, 3.05) is 6.61 Å². The number of allylic oxidation sites excluding steroid dienone is 2. The fourth-order valence-electron chi connectivity index (χ4n) is 5.72. The highest BCUT2D eigenvalue weighted by Crippen LogP contribution is 2.66. The van der Waals surface area contributed by atoms with Crippen molar-refractivity contribution in [2.45, 2.75) is 24.5 Å². The summed E-state index contributed by atoms with van der Waals surface area (Å²) in [6, 6.07) is 0. The molecule has 4 rings (SSSR count). The highest BCUT2D eigenvalue weighted by Gasteiger charge is 2.61. The average Bonchev–Trinajstić information content (AvgIpc) is 3.20. The maximum atomic E-state index is 13.2. The van der Waals surface area contributed by atoms with Crippen molar-refractivity contribution < 1.29 is 31.3 Å². The summed E-state index contributed by atoms with van der Waals surface area (Å²) in [5, 5.41) is -4.90. The molecule has 4 aliphatic carbocycles. The minimum atomic E-state index is -5.80. The number of ether oxygens (including phenoxy) is 1. The number of hydrogen-bond acceptors (Lipinski definition) is 4. The molecule has 23 heavy (non-hydrogen) atoms. The van der Waals surface area contributed by atoms with Gasteiger partial charge in [-0.05, 0) is 60.7 Å². The molecule has 7 unspecified atom stereocenters. The third kappa shape index (κ3) is 2.10. The Balaban J connectivity index is 1.41. The first kappa shape index (κ1) is 15.5. The summed E-state index contributed by atoms with van der Waals surface area (Å²) in [6.45, 7) is -0.199. The molecule has 0 radical (unpaired) electrons. The Hall–Kier alpha value is -1.02. The van der Waals surface area contributed by atoms with Crippen LogP contribution in [0.15, 0.2) is 12.2 Å². The summed E-state index contributed by atoms with van der Waals surface area (Å²) < 4.78 is 60.5. The van der Waals surface area contributed by atoms with E-state index in [0.29, 0.717) is 35.5 Å². The molecule has 4 bridgehead atoms. The number of carbonyl (C=O) groups excluding carboxylic acids is 1. The van der Waals surface area contributed by atoms with Crippen LogP contribution < -0.4 is 0 Å². The number of carbonyl (C=O) groups is 1. The van der Waals surface area contributed by atoms with Crippen LogP contribution in [0.1, 0.15) is 19.3 Å². The van der Waals surface area contributed by atoms with Gasteiger partial charge in [0.05, 0.1) is 6.61 Å². The zero-order chi connectivity index (χ0) is 16.6. The smallest absolute Gasteiger partial charge is 0.460 e. The summed E-state index contributed by atoms with van der Waals surface area (Å²) in [7, 11) is -5.80. The lowest BCUT2D eigenvalue weighted by Gasteiger charge is -2.36. The molecular weight excluding hydrogens is 330 g/mol. The van der Waals surface area contributed by atoms with E-state index in [1.54, 1.807) is 0 Å². The lowest BCUT2D eigenvalue weighted by Crippen LogP contribution is -2.40. The van der Waals surface area contributed by atoms with E-state index in [1.165, 1.54) is 6.42 Å². The second kappa shape index (κ2) is 4.75. The quantitative estimate of drug-likeness (QED) is 0.364. The van der Waals surface area contributed by atoms with Crippen LogP contribution in [0.4, 0.5) is 8.78 Å². The number of rotatable bonds is 4. The van der Waals surface area contributed by atoms with Crippen LogP contribution in [0, 0.1) is 41.4 Å². The molecular formula is C15H18F2O5S. The predicted octanol–water partition coefficient (Wildman–Crippen LogP) is 2.10. The van der Waals surface area contributed by atoms with E-state index in [1.807, 2.05) is 0 Å². The van der Waals surface area contributed by atoms with Gasteiger partial charge in [-0.1, -0.05) is 12.2 Å². The van der Waals surface area contributed by atoms with Crippen molar-refractivity contribution in [3.63, 3.8) is 0 Å². The Labute approximate surface area is 132 Å². The highest BCUT2D eigenvalue weighted by atomic mass is 32.2. The van der Waals surface area contributed by atoms with E-state index < -0.39 is 21.3 Å². The van der Waals surface area contributed by atoms with Gasteiger partial charge in [0.15, 0.2) is 0 Å². The van der Waals surface area contributed by atoms with E-state index in [0.717, 1.165) is 12.8 Å². The Bertz CT molecular complexity index is 673. The zero-order valence-electron chi connectivity index (χ0n) is 12.3. The fraction of sp³-hybridized carbons (Fsp3) is 0.800. The molecule has 5 nitrogen and oxygen atoms in total. The Morgan fingerprint density at radius 3 is 2.48 bits per heavy atom. The largest absolute Gasteiger partial charge is 0.465 e. The standard InChI is InChI=1S/C15H18F2O5S/c16-15(17,23(19,20)21)14(18)22-6-10-4-9-5-11(10)13-8-2-1-7(3-8)12(9)13/h1-2,7-13H,3-6H2,(H,19,20,21). The predicted molar refractivity (Wildman–Crippen MR) is 74.9 cm³/mol. The normalized spacial score (nSPS) is 43.9. The highest BCUT2D eigenvalue weighted by molar-refractivity contribution is 7.87. The monoisotopic (exact) mass is 348 g/mol. The van der Waals surface area contributed by atoms with Gasteiger partial charge in [0, 0.05) is 0 Å². The summed E-state index contributed by atoms with van der Waals surface area (Å²) in [5.74, 6) is 1.16. The van der Waals surface area contributed by atoms with E-state index in [9.17, 15) is 22.0 Å². The maximum absolute atomic E-state index is 13.2. The van der Waals surface area contributed by atoms with E-state index in [4.69, 9.17) is 4.55 Å². The first-order chi connectivity index (χ1) is 10.7. The third-order valence-electron chi connectivity index (χ3n) is 6.40. The van der Waals surface area contributed by atoms with Gasteiger partial charge in [0.25, 0.3) is 0 Å². The fourth-order valence-corrected chi connectivity index (χ4v) is 5.99. The molecule has 3 fully saturated rings. The average molecular weight is 348 g/mol. The van der Waals surface area contributed by atoms with Gasteiger partial charge in [0.1, 0.15) is 0 Å². The summed E-state index contributed by atoms with van der Waals surface area (Å²) in [6.07, 6.45) is 7.61. The van der Waals surface area contributed by atoms with Crippen LogP contribution in [0.3, 0.4) is 0 Å². The van der Waals surface area contributed by atoms with Crippen LogP contribution >= 0.6 is 0 Å². The number of fused-ring (bicyclic) bond motifs is 9. The molecule has 0 aliphatic heterocycles. The topological polar surface area (TPSA) is 80.7 Å². The molecule has 0 aromatic carbocycles. The Morgan fingerprint density at radius 1 is 1.17 bits per heavy atom. The summed E-state index contributed by atoms with van der Waals surface area (Å²) in [5.41, 5.74) is 0. The van der Waals surface area contributed by atoms with Crippen molar-refractivity contribution >= 4 is 16.1 Å². The second-order valence-electron chi connectivity index (χ2n) is 7.35. The molecule has 0 saturated heterocycles. The van der Waals surface area contributed by atoms with Gasteiger partial charge in [-0.15, -0.1) is 0 Å². The van der Waals surface area contributed by atoms with Crippen LogP contribution in [0.25, 0.3) is 0 Å². The summed E-state index contributed by atoms with van der Waals surface area (Å²) in [4.78, 5) is 11.3. The van der Waals surface area contributed by atoms with Crippen molar-refractivity contribution in [1.29, 1.82) is 0 Å². The molecule has 0 amide bonds. The summed E-state index contributed by atoms with van der Waals surface area (Å²) >= 11 is 0. The van der Waals surface area contributed by atoms with Crippen molar-refractivity contribution in [1.82, 2.24) is 0 Å². The van der Waals surface area contributed by atoms with Crippen LogP contribution in [0.5, 0.6) is 0 Å². The van der Waals surface area contributed by atoms with E-state index >= 15 is 0 Å². The Morgan fingerprint density at radius 2 is 1.83 bits per heavy atom. The number of alkyl halides is 2. The molecule has 0 heterocycles. The van der Waals surface area contributed by atoms with E-state index in [-0.39, 0.29) is 12.5 Å². The van der Waals surface area contributed by atoms with Crippen LogP contribution in [0.2, 0.25) is 0 Å². The van der Waals surface area contributed by atoms with Gasteiger partial charge < -0.3 is 4.74 Å². The third-order valence-corrected chi connectivity index (χ3v) is 7.21. The molecule has 4 aliphatic rings. The molecule has 0 aromatic heterocycles. The molecule has 128 valence electrons. The SMILES string of the molecule is O=C(OCC1CC2CC1C1C3C=CC(C3)C21)C(F)(F)S(=O)(=O)O. The van der Waals surface area contributed by atoms with Crippen molar-refractivity contribution in [3.05, 3.63) is 12.2 Å². The van der Waals surface area contributed by atoms with Crippen molar-refractivity contribution in [2.24, 2.45) is 41.4 Å². The molecule has 3 saturated carbocycles. The Kier molecular flexibility index (Phi) is 3.20. The number of esters is 1. The first-order valence-electron chi connectivity index (χ1n) is 7.90. The molecule has 7 atom stereocenters. The van der Waals surface area contributed by atoms with Crippen molar-refractivity contribution in [3.8, 4) is 0 Å². The van der Waals surface area contributed by atoms with Gasteiger partial charge in [-0.3, -0.25) is 4.55 Å². The minimum Gasteiger partial charge on any atom is -0.460 e. The molecule has 0 aromatic rings. The van der Waals surface area contributed by atoms with Gasteiger partial charge in [0.2, 0.25) is 0 Å². The van der Waals surface area contributed by atoms with E-state index in [2.05, 4.69) is 16.9 Å². The minimum absolute atomic E-state index is 0.00940. The van der Waals surface area contributed by atoms with Crippen LogP contribution in [-0.4, -0.2) is 30.8 Å². The second-order valence-corrected chi connectivity index (χ2v) is 8.81. The maximum Gasteiger partial charge on any atom is 0.465 e. The molecule has 0 spiro atoms. The number of hydrogen-bond donors (Lipinski definition) is 1. The molecule has 1 N–H and O–H groups in total. The zero-order valence-corrected chi connectivity index (χ0v) is 13.1. The van der Waals surface area contributed by atoms with Gasteiger partial charge in [-0.2, -0.15) is 17.2 Å². The lowest BCUT2D eigenvalue weighted by atomic mass is 9.69. The van der Waals surface area contributed by atoms with Crippen LogP contribution in [-0.2, 0) is 19.6 Å².